The molecule has 1 amide bonds. The average molecular weight is 553 g/mol. The summed E-state index contributed by atoms with van der Waals surface area (Å²) in [5, 5.41) is 10.0. The van der Waals surface area contributed by atoms with Crippen molar-refractivity contribution in [3.63, 3.8) is 0 Å². The molecule has 1 saturated carbocycles. The monoisotopic (exact) mass is 552 g/mol. The number of amides is 1. The van der Waals surface area contributed by atoms with Gasteiger partial charge < -0.3 is 16.0 Å². The van der Waals surface area contributed by atoms with Gasteiger partial charge in [-0.15, -0.1) is 24.0 Å². The first-order valence-corrected chi connectivity index (χ1v) is 12.5. The molecule has 0 unspecified atom stereocenters. The van der Waals surface area contributed by atoms with Crippen LogP contribution in [-0.2, 0) is 4.79 Å². The Morgan fingerprint density at radius 3 is 2.37 bits per heavy atom. The van der Waals surface area contributed by atoms with Crippen molar-refractivity contribution in [3.8, 4) is 0 Å². The van der Waals surface area contributed by atoms with E-state index in [1.54, 1.807) is 7.05 Å². The summed E-state index contributed by atoms with van der Waals surface area (Å²) in [5.74, 6) is 3.57. The first-order valence-electron chi connectivity index (χ1n) is 11.4. The van der Waals surface area contributed by atoms with Crippen LogP contribution in [-0.4, -0.2) is 98.1 Å². The average Bonchev–Trinajstić information content (AvgIpc) is 2.79. The molecule has 3 N–H and O–H groups in total. The molecule has 0 bridgehead atoms. The van der Waals surface area contributed by atoms with E-state index in [0.717, 1.165) is 38.4 Å². The van der Waals surface area contributed by atoms with Crippen molar-refractivity contribution < 1.29 is 4.79 Å². The number of likely N-dealkylation sites (N-methyl/N-ethyl adjacent to an activating group) is 1. The predicted molar refractivity (Wildman–Crippen MR) is 138 cm³/mol. The molecule has 1 aliphatic carbocycles. The Balaban J connectivity index is 0.00000320. The zero-order valence-electron chi connectivity index (χ0n) is 18.8. The van der Waals surface area contributed by atoms with Crippen molar-refractivity contribution in [2.24, 2.45) is 4.99 Å². The fourth-order valence-corrected chi connectivity index (χ4v) is 5.91. The third-order valence-corrected chi connectivity index (χ3v) is 7.79. The van der Waals surface area contributed by atoms with Crippen molar-refractivity contribution in [1.82, 2.24) is 25.8 Å². The molecule has 2 saturated heterocycles. The molecule has 2 aliphatic heterocycles. The molecular formula is C21H41IN6OS. The smallest absolute Gasteiger partial charge is 0.233 e. The lowest BCUT2D eigenvalue weighted by molar-refractivity contribution is -0.122. The van der Waals surface area contributed by atoms with Gasteiger partial charge in [-0.3, -0.25) is 19.6 Å². The largest absolute Gasteiger partial charge is 0.358 e. The van der Waals surface area contributed by atoms with E-state index in [0.29, 0.717) is 18.1 Å². The van der Waals surface area contributed by atoms with Crippen LogP contribution in [0.4, 0.5) is 0 Å². The molecule has 30 heavy (non-hydrogen) atoms. The third kappa shape index (κ3) is 7.41. The molecule has 0 atom stereocenters. The summed E-state index contributed by atoms with van der Waals surface area (Å²) in [6, 6.07) is 0.427. The van der Waals surface area contributed by atoms with Crippen LogP contribution >= 0.6 is 35.7 Å². The number of nitrogens with one attached hydrogen (secondary N) is 3. The van der Waals surface area contributed by atoms with Gasteiger partial charge in [0.1, 0.15) is 0 Å². The maximum Gasteiger partial charge on any atom is 0.233 e. The Bertz CT molecular complexity index is 544. The van der Waals surface area contributed by atoms with Crippen LogP contribution in [0.15, 0.2) is 4.99 Å². The van der Waals surface area contributed by atoms with E-state index >= 15 is 0 Å². The Labute approximate surface area is 204 Å². The van der Waals surface area contributed by atoms with Crippen molar-refractivity contribution in [3.05, 3.63) is 0 Å². The minimum Gasteiger partial charge on any atom is -0.358 e. The van der Waals surface area contributed by atoms with Gasteiger partial charge in [0, 0.05) is 69.9 Å². The van der Waals surface area contributed by atoms with Gasteiger partial charge in [0.05, 0.1) is 6.54 Å². The highest BCUT2D eigenvalue weighted by Crippen LogP contribution is 2.34. The predicted octanol–water partition coefficient (Wildman–Crippen LogP) is 1.73. The number of carbonyl (C=O) groups excluding carboxylic acids is 1. The second-order valence-corrected chi connectivity index (χ2v) is 9.90. The molecule has 9 heteroatoms. The summed E-state index contributed by atoms with van der Waals surface area (Å²) < 4.78 is 0. The topological polar surface area (TPSA) is 72.0 Å². The number of hydrogen-bond donors (Lipinski definition) is 3. The Kier molecular flexibility index (Phi) is 11.5. The molecule has 3 rings (SSSR count). The summed E-state index contributed by atoms with van der Waals surface area (Å²) in [6.07, 6.45) is 8.78. The SMILES string of the molecule is CN=C(NCC1(N2CCSCC2)CCCCC1)NC1CCN(CC(=O)NC)CC1.I. The Hall–Kier alpha value is -0.260. The lowest BCUT2D eigenvalue weighted by Crippen LogP contribution is -2.60. The number of carbonyl (C=O) groups is 1. The maximum absolute atomic E-state index is 11.6. The molecule has 0 radical (unpaired) electrons. The van der Waals surface area contributed by atoms with E-state index in [1.807, 2.05) is 7.05 Å². The first-order chi connectivity index (χ1) is 14.1. The maximum atomic E-state index is 11.6. The standard InChI is InChI=1S/C21H40N6OS.HI/c1-22-19(28)16-26-10-6-18(7-11-26)25-20(23-2)24-17-21(8-4-3-5-9-21)27-12-14-29-15-13-27;/h18H,3-17H2,1-2H3,(H,22,28)(H2,23,24,25);1H. The van der Waals surface area contributed by atoms with E-state index < -0.39 is 0 Å². The summed E-state index contributed by atoms with van der Waals surface area (Å²) >= 11 is 2.09. The Morgan fingerprint density at radius 1 is 1.10 bits per heavy atom. The number of guanidine groups is 1. The van der Waals surface area contributed by atoms with Crippen molar-refractivity contribution in [2.45, 2.75) is 56.5 Å². The van der Waals surface area contributed by atoms with Gasteiger partial charge in [0.15, 0.2) is 5.96 Å². The zero-order chi connectivity index (χ0) is 20.5. The van der Waals surface area contributed by atoms with Gasteiger partial charge in [0.2, 0.25) is 5.91 Å². The van der Waals surface area contributed by atoms with E-state index in [-0.39, 0.29) is 29.9 Å². The van der Waals surface area contributed by atoms with Crippen LogP contribution in [0.3, 0.4) is 0 Å². The fourth-order valence-electron chi connectivity index (χ4n) is 5.01. The molecule has 0 aromatic heterocycles. The van der Waals surface area contributed by atoms with Gasteiger partial charge >= 0.3 is 0 Å². The van der Waals surface area contributed by atoms with Crippen molar-refractivity contribution in [2.75, 3.05) is 64.9 Å². The highest BCUT2D eigenvalue weighted by atomic mass is 127. The molecule has 2 heterocycles. The molecule has 0 aromatic carbocycles. The molecule has 7 nitrogen and oxygen atoms in total. The lowest BCUT2D eigenvalue weighted by atomic mass is 9.80. The molecule has 3 aliphatic rings. The lowest BCUT2D eigenvalue weighted by Gasteiger charge is -2.48. The quantitative estimate of drug-likeness (QED) is 0.265. The number of piperidine rings is 1. The third-order valence-electron chi connectivity index (χ3n) is 6.85. The molecule has 3 fully saturated rings. The number of likely N-dealkylation sites (tertiary alicyclic amines) is 1. The highest BCUT2D eigenvalue weighted by Gasteiger charge is 2.38. The Morgan fingerprint density at radius 2 is 1.77 bits per heavy atom. The molecule has 0 aromatic rings. The van der Waals surface area contributed by atoms with Crippen molar-refractivity contribution in [1.29, 1.82) is 0 Å². The van der Waals surface area contributed by atoms with E-state index in [9.17, 15) is 4.79 Å². The molecule has 174 valence electrons. The van der Waals surface area contributed by atoms with E-state index in [1.165, 1.54) is 56.7 Å². The van der Waals surface area contributed by atoms with Gasteiger partial charge in [-0.25, -0.2) is 0 Å². The highest BCUT2D eigenvalue weighted by molar-refractivity contribution is 14.0. The van der Waals surface area contributed by atoms with Gasteiger partial charge in [-0.05, 0) is 25.7 Å². The van der Waals surface area contributed by atoms with Crippen LogP contribution in [0.2, 0.25) is 0 Å². The first kappa shape index (κ1) is 26.0. The second kappa shape index (κ2) is 13.3. The van der Waals surface area contributed by atoms with Crippen LogP contribution in [0.5, 0.6) is 0 Å². The van der Waals surface area contributed by atoms with Crippen LogP contribution in [0.25, 0.3) is 0 Å². The summed E-state index contributed by atoms with van der Waals surface area (Å²) in [4.78, 5) is 21.1. The number of hydrogen-bond acceptors (Lipinski definition) is 5. The summed E-state index contributed by atoms with van der Waals surface area (Å²) in [7, 11) is 3.58. The van der Waals surface area contributed by atoms with Crippen molar-refractivity contribution >= 4 is 47.6 Å². The number of halogens is 1. The second-order valence-electron chi connectivity index (χ2n) is 8.68. The number of thioether (sulfide) groups is 1. The van der Waals surface area contributed by atoms with E-state index in [4.69, 9.17) is 0 Å². The van der Waals surface area contributed by atoms with Crippen LogP contribution in [0.1, 0.15) is 44.9 Å². The number of rotatable bonds is 6. The zero-order valence-corrected chi connectivity index (χ0v) is 21.9. The van der Waals surface area contributed by atoms with Gasteiger partial charge in [0.25, 0.3) is 0 Å². The summed E-state index contributed by atoms with van der Waals surface area (Å²) in [5.41, 5.74) is 0.299. The van der Waals surface area contributed by atoms with E-state index in [2.05, 4.69) is 42.5 Å². The molecule has 0 spiro atoms. The fraction of sp³-hybridized carbons (Fsp3) is 0.905. The normalized spacial score (nSPS) is 24.0. The van der Waals surface area contributed by atoms with Gasteiger partial charge in [-0.2, -0.15) is 11.8 Å². The number of aliphatic imine (C=N–C) groups is 1. The minimum atomic E-state index is 0. The molecular weight excluding hydrogens is 511 g/mol. The van der Waals surface area contributed by atoms with Gasteiger partial charge in [-0.1, -0.05) is 19.3 Å². The van der Waals surface area contributed by atoms with Crippen LogP contribution < -0.4 is 16.0 Å². The minimum absolute atomic E-state index is 0. The van der Waals surface area contributed by atoms with Crippen LogP contribution in [0, 0.1) is 0 Å². The number of nitrogens with zero attached hydrogens (tertiary/aromatic N) is 3. The summed E-state index contributed by atoms with van der Waals surface area (Å²) in [6.45, 7) is 5.86.